The van der Waals surface area contributed by atoms with Crippen LogP contribution in [0.4, 0.5) is 0 Å². The predicted molar refractivity (Wildman–Crippen MR) is 345 cm³/mol. The van der Waals surface area contributed by atoms with Crippen LogP contribution in [0.25, 0.3) is 0 Å². The van der Waals surface area contributed by atoms with Gasteiger partial charge in [0, 0.05) is 0 Å². The zero-order valence-electron chi connectivity index (χ0n) is 54.5. The highest BCUT2D eigenvalue weighted by Gasteiger charge is 2.97. The lowest BCUT2D eigenvalue weighted by atomic mass is 9.01. The molecule has 0 aromatic carbocycles. The van der Waals surface area contributed by atoms with E-state index in [2.05, 4.69) is 0 Å². The van der Waals surface area contributed by atoms with Gasteiger partial charge in [-0.05, 0) is 392 Å². The summed E-state index contributed by atoms with van der Waals surface area (Å²) in [7, 11) is 0. The highest BCUT2D eigenvalue weighted by molar-refractivity contribution is 5.44. The molecule has 0 heterocycles. The molecule has 0 aromatic rings. The lowest BCUT2D eigenvalue weighted by Gasteiger charge is -3.03. The maximum absolute atomic E-state index is 1.64. The Morgan fingerprint density at radius 2 is 0.357 bits per heavy atom. The van der Waals surface area contributed by atoms with Crippen LogP contribution in [0.5, 0.6) is 0 Å². The van der Waals surface area contributed by atoms with Crippen LogP contribution in [0.3, 0.4) is 0 Å². The second-order valence-electron chi connectivity index (χ2n) is 39.7. The van der Waals surface area contributed by atoms with Crippen LogP contribution in [0.1, 0.15) is 295 Å². The molecule has 30 rings (SSSR count). The molecule has 0 nitrogen and oxygen atoms in total. The topological polar surface area (TPSA) is 0 Å². The third-order valence-corrected chi connectivity index (χ3v) is 37.3. The van der Waals surface area contributed by atoms with Crippen LogP contribution in [-0.4, -0.2) is 0 Å². The Hall–Kier alpha value is 0. The van der Waals surface area contributed by atoms with Crippen LogP contribution in [-0.2, 0) is 0 Å². The minimum atomic E-state index is 1.16. The molecule has 30 fully saturated rings. The largest absolute Gasteiger partial charge is 0.0530 e. The first kappa shape index (κ1) is 54.5. The van der Waals surface area contributed by atoms with Gasteiger partial charge in [-0.1, -0.05) is 128 Å². The van der Waals surface area contributed by atoms with Gasteiger partial charge in [-0.25, -0.2) is 0 Å². The summed E-state index contributed by atoms with van der Waals surface area (Å²) < 4.78 is 0. The van der Waals surface area contributed by atoms with E-state index in [0.29, 0.717) is 0 Å². The van der Waals surface area contributed by atoms with Crippen LogP contribution >= 0.6 is 0 Å². The molecule has 30 aliphatic carbocycles. The fourth-order valence-corrected chi connectivity index (χ4v) is 34.5. The Morgan fingerprint density at radius 3 is 0.726 bits per heavy atom. The van der Waals surface area contributed by atoms with E-state index >= 15 is 0 Å². The quantitative estimate of drug-likeness (QED) is 0.212. The molecule has 0 aliphatic heterocycles. The molecule has 0 radical (unpaired) electrons. The number of hydrogen-bond donors (Lipinski definition) is 0. The maximum atomic E-state index is 1.64. The highest BCUT2D eigenvalue weighted by atomic mass is 15.0. The van der Waals surface area contributed by atoms with Gasteiger partial charge in [0.15, 0.2) is 0 Å². The fourth-order valence-electron chi connectivity index (χ4n) is 34.5. The molecule has 30 saturated carbocycles. The number of hydrogen-bond acceptors (Lipinski definition) is 0. The normalized spacial score (nSPS) is 62.0. The summed E-state index contributed by atoms with van der Waals surface area (Å²) in [4.78, 5) is 0. The van der Waals surface area contributed by atoms with Gasteiger partial charge in [0.25, 0.3) is 0 Å². The first-order chi connectivity index (χ1) is 41.6. The number of fused-ring (bicyclic) bond motifs is 20. The van der Waals surface area contributed by atoms with Crippen molar-refractivity contribution in [1.82, 2.24) is 0 Å². The summed E-state index contributed by atoms with van der Waals surface area (Å²) >= 11 is 0. The smallest absolute Gasteiger partial charge is 0.0312 e. The Labute approximate surface area is 517 Å². The van der Waals surface area contributed by atoms with E-state index < -0.39 is 0 Å². The first-order valence-electron chi connectivity index (χ1n) is 41.6. The van der Waals surface area contributed by atoms with Crippen LogP contribution < -0.4 is 0 Å². The van der Waals surface area contributed by atoms with E-state index in [1.165, 1.54) is 195 Å². The summed E-state index contributed by atoms with van der Waals surface area (Å²) in [5, 5.41) is 0. The predicted octanol–water partition coefficient (Wildman–Crippen LogP) is 22.6. The van der Waals surface area contributed by atoms with Crippen molar-refractivity contribution in [1.29, 1.82) is 0 Å². The summed E-state index contributed by atoms with van der Waals surface area (Å²) in [6.45, 7) is 0. The fraction of sp³-hybridized carbons (Fsp3) is 1.00. The molecule has 30 aliphatic rings. The minimum Gasteiger partial charge on any atom is -0.0530 e. The van der Waals surface area contributed by atoms with Gasteiger partial charge in [0.2, 0.25) is 0 Å². The van der Waals surface area contributed by atoms with Crippen molar-refractivity contribution in [2.45, 2.75) is 295 Å². The second-order valence-corrected chi connectivity index (χ2v) is 39.7. The summed E-state index contributed by atoms with van der Waals surface area (Å²) in [5.74, 6) is 46.6. The summed E-state index contributed by atoms with van der Waals surface area (Å²) in [5.41, 5.74) is 0. The van der Waals surface area contributed by atoms with Gasteiger partial charge in [-0.3, -0.25) is 0 Å². The Morgan fingerprint density at radius 1 is 0.107 bits per heavy atom. The molecule has 84 heavy (non-hydrogen) atoms. The zero-order valence-corrected chi connectivity index (χ0v) is 54.5. The highest BCUT2D eigenvalue weighted by Crippen LogP contribution is 3.01. The molecule has 0 amide bonds. The second kappa shape index (κ2) is 21.8. The maximum Gasteiger partial charge on any atom is -0.0312 e. The van der Waals surface area contributed by atoms with Gasteiger partial charge in [0.05, 0.1) is 0 Å². The van der Waals surface area contributed by atoms with E-state index in [4.69, 9.17) is 0 Å². The van der Waals surface area contributed by atoms with Crippen molar-refractivity contribution < 1.29 is 0 Å². The van der Waals surface area contributed by atoms with Crippen molar-refractivity contribution in [2.75, 3.05) is 0 Å². The molecule has 0 spiro atoms. The average molecular weight is 1140 g/mol. The Kier molecular flexibility index (Phi) is 14.2. The molecule has 466 valence electrons. The van der Waals surface area contributed by atoms with Crippen LogP contribution in [0, 0.1) is 225 Å². The minimum absolute atomic E-state index is 1.16. The first-order valence-corrected chi connectivity index (χ1v) is 41.6. The van der Waals surface area contributed by atoms with Gasteiger partial charge < -0.3 is 0 Å². The monoisotopic (exact) mass is 1140 g/mol. The van der Waals surface area contributed by atoms with Gasteiger partial charge in [-0.2, -0.15) is 0 Å². The zero-order chi connectivity index (χ0) is 54.5. The lowest BCUT2D eigenvalue weighted by molar-refractivity contribution is -0.565. The third-order valence-electron chi connectivity index (χ3n) is 37.3. The molecule has 0 heteroatoms. The van der Waals surface area contributed by atoms with Gasteiger partial charge in [0.1, 0.15) is 0 Å². The van der Waals surface area contributed by atoms with Crippen LogP contribution in [0.15, 0.2) is 0 Å². The molecule has 0 N–H and O–H groups in total. The SMILES string of the molecule is C12C3C4C1C1C2C3C41.C1C2CC3C1C3C2.C1C2CC3CC1CC(C2)C3.C1CC2CC1C1C3CCC(C3)C21.C1CC2CC1C1CCC21.C1CC2CCCC2C2CC2C1.C1CC2CCCC3CCCC(C1)C23.C1CCC2C(C1)CCC1CCCCC12. The Bertz CT molecular complexity index is 2010. The summed E-state index contributed by atoms with van der Waals surface area (Å²) in [6, 6.07) is 0. The van der Waals surface area contributed by atoms with Crippen molar-refractivity contribution in [3.8, 4) is 0 Å². The van der Waals surface area contributed by atoms with Crippen molar-refractivity contribution in [2.24, 2.45) is 225 Å². The van der Waals surface area contributed by atoms with Crippen molar-refractivity contribution >= 4 is 0 Å². The summed E-state index contributed by atoms with van der Waals surface area (Å²) in [6.07, 6.45) is 73.1. The standard InChI is InChI=1S/C14H24.C13H22.C12H18.C11H18.C10H16.C9H14.C8H8.C7H10/c1-3-7-13-11(5-1)9-10-12-6-2-4-8-14(12)13;1-4-10-6-2-8-12-9-3-7-11(5-1)13(10)12;1-2-8-5-7(1)11-9-3-4-10(6-9)12(8)11;1-3-8-4-2-6-10(8)11-7-9(11)5-1;1-7-2-9-4-8(1)5-10(3-7)6-9;1-2-7-5-6(1)8-3-4-9(7)8;1-2-5-3(1)7-4(1)6(2)8(5)7;1-4-2-6-5(1)7(6)3-4/h11-14H,1-10H2;10-13H,1-9H2;7-12H,1-6H2;8-11H,1-7H2;7-10H,1-6H2;6-9H,1-5H2;1-8H;4-7H,1-3H2. The van der Waals surface area contributed by atoms with E-state index in [1.807, 2.05) is 0 Å². The van der Waals surface area contributed by atoms with E-state index in [9.17, 15) is 0 Å². The molecule has 14 bridgehead atoms. The third kappa shape index (κ3) is 8.96. The molecular formula is C84H130. The molecule has 16 unspecified atom stereocenters. The van der Waals surface area contributed by atoms with Gasteiger partial charge in [-0.15, -0.1) is 0 Å². The van der Waals surface area contributed by atoms with Gasteiger partial charge >= 0.3 is 0 Å². The van der Waals surface area contributed by atoms with E-state index in [0.717, 1.165) is 29.6 Å². The average Bonchev–Trinajstić information content (AvgIpc) is 0.759. The molecule has 0 saturated heterocycles. The van der Waals surface area contributed by atoms with Crippen molar-refractivity contribution in [3.05, 3.63) is 0 Å². The molecule has 0 aromatic heterocycles. The van der Waals surface area contributed by atoms with Crippen molar-refractivity contribution in [3.63, 3.8) is 0 Å². The lowest BCUT2D eigenvalue weighted by Crippen LogP contribution is -3.00. The Balaban J connectivity index is 0.0000000692. The molecule has 16 atom stereocenters. The molecular weight excluding hydrogens is 1010 g/mol. The van der Waals surface area contributed by atoms with E-state index in [1.54, 1.807) is 295 Å². The van der Waals surface area contributed by atoms with Crippen LogP contribution in [0.2, 0.25) is 0 Å². The van der Waals surface area contributed by atoms with E-state index in [-0.39, 0.29) is 0 Å². The number of rotatable bonds is 0.